The fourth-order valence-electron chi connectivity index (χ4n) is 2.74. The summed E-state index contributed by atoms with van der Waals surface area (Å²) in [4.78, 5) is 19.7. The van der Waals surface area contributed by atoms with E-state index in [-0.39, 0.29) is 5.91 Å². The number of aromatic nitrogens is 2. The molecule has 7 heteroatoms. The summed E-state index contributed by atoms with van der Waals surface area (Å²) >= 11 is 1.57. The smallest absolute Gasteiger partial charge is 0.227 e. The van der Waals surface area contributed by atoms with E-state index in [2.05, 4.69) is 27.3 Å². The van der Waals surface area contributed by atoms with Crippen LogP contribution < -0.4 is 5.32 Å². The summed E-state index contributed by atoms with van der Waals surface area (Å²) in [6.07, 6.45) is 3.38. The van der Waals surface area contributed by atoms with Gasteiger partial charge in [-0.25, -0.2) is 0 Å². The van der Waals surface area contributed by atoms with Gasteiger partial charge in [-0.2, -0.15) is 4.98 Å². The first-order valence-corrected chi connectivity index (χ1v) is 8.97. The molecule has 3 heterocycles. The number of likely N-dealkylation sites (tertiary alicyclic amines) is 1. The lowest BCUT2D eigenvalue weighted by molar-refractivity contribution is -0.121. The molecule has 0 aliphatic carbocycles. The molecule has 1 aliphatic rings. The lowest BCUT2D eigenvalue weighted by atomic mass is 10.2. The van der Waals surface area contributed by atoms with Crippen LogP contribution in [0.4, 0.5) is 0 Å². The van der Waals surface area contributed by atoms with E-state index in [1.165, 1.54) is 12.8 Å². The minimum absolute atomic E-state index is 0.0342. The maximum atomic E-state index is 12.0. The van der Waals surface area contributed by atoms with Gasteiger partial charge in [-0.15, -0.1) is 11.3 Å². The van der Waals surface area contributed by atoms with Crippen LogP contribution in [0.3, 0.4) is 0 Å². The molecule has 1 fully saturated rings. The average Bonchev–Trinajstić information content (AvgIpc) is 3.32. The Balaban J connectivity index is 1.40. The van der Waals surface area contributed by atoms with Gasteiger partial charge in [0, 0.05) is 25.4 Å². The second-order valence-electron chi connectivity index (χ2n) is 5.89. The normalized spacial score (nSPS) is 16.6. The fourth-order valence-corrected chi connectivity index (χ4v) is 3.39. The van der Waals surface area contributed by atoms with Gasteiger partial charge < -0.3 is 9.84 Å². The number of carbonyl (C=O) groups excluding carboxylic acids is 1. The maximum absolute atomic E-state index is 12.0. The van der Waals surface area contributed by atoms with Crippen molar-refractivity contribution < 1.29 is 9.32 Å². The van der Waals surface area contributed by atoms with Crippen LogP contribution in [0.15, 0.2) is 22.0 Å². The quantitative estimate of drug-likeness (QED) is 0.841. The van der Waals surface area contributed by atoms with Gasteiger partial charge >= 0.3 is 0 Å². The molecule has 2 aromatic rings. The summed E-state index contributed by atoms with van der Waals surface area (Å²) in [5.41, 5.74) is 0. The molecular formula is C16H22N4O2S. The van der Waals surface area contributed by atoms with Gasteiger partial charge in [0.15, 0.2) is 0 Å². The van der Waals surface area contributed by atoms with E-state index >= 15 is 0 Å². The van der Waals surface area contributed by atoms with Gasteiger partial charge in [0.25, 0.3) is 0 Å². The van der Waals surface area contributed by atoms with E-state index in [4.69, 9.17) is 4.52 Å². The highest BCUT2D eigenvalue weighted by Gasteiger charge is 2.18. The van der Waals surface area contributed by atoms with Crippen LogP contribution >= 0.6 is 11.3 Å². The molecule has 0 saturated carbocycles. The zero-order valence-corrected chi connectivity index (χ0v) is 14.1. The molecule has 23 heavy (non-hydrogen) atoms. The van der Waals surface area contributed by atoms with Crippen molar-refractivity contribution in [1.82, 2.24) is 20.4 Å². The fraction of sp³-hybridized carbons (Fsp3) is 0.562. The number of nitrogens with one attached hydrogen (secondary N) is 1. The lowest BCUT2D eigenvalue weighted by Crippen LogP contribution is -2.40. The highest BCUT2D eigenvalue weighted by molar-refractivity contribution is 7.13. The summed E-state index contributed by atoms with van der Waals surface area (Å²) in [5, 5.41) is 8.92. The molecule has 0 aromatic carbocycles. The number of aryl methyl sites for hydroxylation is 1. The first-order chi connectivity index (χ1) is 11.2. The van der Waals surface area contributed by atoms with E-state index in [0.717, 1.165) is 18.0 Å². The third kappa shape index (κ3) is 4.39. The van der Waals surface area contributed by atoms with Crippen molar-refractivity contribution in [1.29, 1.82) is 0 Å². The standard InChI is InChI=1S/C16H22N4O2S/c1-12(20-8-2-3-9-20)11-17-14(21)6-7-15-18-16(19-22-15)13-5-4-10-23-13/h4-5,10,12H,2-3,6-9,11H2,1H3,(H,17,21)/t12-/m1/s1. The molecule has 1 atom stereocenters. The minimum Gasteiger partial charge on any atom is -0.355 e. The van der Waals surface area contributed by atoms with Crippen LogP contribution in [0, 0.1) is 0 Å². The van der Waals surface area contributed by atoms with Gasteiger partial charge in [0.1, 0.15) is 0 Å². The summed E-state index contributed by atoms with van der Waals surface area (Å²) in [7, 11) is 0. The first kappa shape index (κ1) is 16.1. The molecule has 1 N–H and O–H groups in total. The molecule has 1 saturated heterocycles. The Kier molecular flexibility index (Phi) is 5.40. The number of rotatable bonds is 7. The van der Waals surface area contributed by atoms with Gasteiger partial charge in [-0.3, -0.25) is 9.69 Å². The number of amides is 1. The van der Waals surface area contributed by atoms with E-state index in [1.807, 2.05) is 17.5 Å². The summed E-state index contributed by atoms with van der Waals surface area (Å²) in [6, 6.07) is 4.30. The third-order valence-electron chi connectivity index (χ3n) is 4.13. The van der Waals surface area contributed by atoms with E-state index < -0.39 is 0 Å². The van der Waals surface area contributed by atoms with Gasteiger partial charge in [0.2, 0.25) is 17.6 Å². The van der Waals surface area contributed by atoms with Crippen molar-refractivity contribution in [3.05, 3.63) is 23.4 Å². The SMILES string of the molecule is C[C@H](CNC(=O)CCc1nc(-c2cccs2)no1)N1CCCC1. The molecule has 0 bridgehead atoms. The van der Waals surface area contributed by atoms with Gasteiger partial charge in [-0.05, 0) is 44.3 Å². The molecule has 1 aliphatic heterocycles. The van der Waals surface area contributed by atoms with E-state index in [0.29, 0.717) is 37.1 Å². The van der Waals surface area contributed by atoms with Crippen molar-refractivity contribution in [2.75, 3.05) is 19.6 Å². The van der Waals surface area contributed by atoms with Crippen LogP contribution in [0.25, 0.3) is 10.7 Å². The molecule has 3 rings (SSSR count). The van der Waals surface area contributed by atoms with Crippen LogP contribution in [-0.4, -0.2) is 46.6 Å². The predicted octanol–water partition coefficient (Wildman–Crippen LogP) is 2.33. The highest BCUT2D eigenvalue weighted by atomic mass is 32.1. The first-order valence-electron chi connectivity index (χ1n) is 8.09. The summed E-state index contributed by atoms with van der Waals surface area (Å²) < 4.78 is 5.20. The molecule has 6 nitrogen and oxygen atoms in total. The van der Waals surface area contributed by atoms with Crippen molar-refractivity contribution in [3.63, 3.8) is 0 Å². The molecular weight excluding hydrogens is 312 g/mol. The largest absolute Gasteiger partial charge is 0.355 e. The summed E-state index contributed by atoms with van der Waals surface area (Å²) in [5.74, 6) is 1.14. The topological polar surface area (TPSA) is 71.3 Å². The number of carbonyl (C=O) groups is 1. The van der Waals surface area contributed by atoms with Crippen molar-refractivity contribution in [2.24, 2.45) is 0 Å². The van der Waals surface area contributed by atoms with Crippen LogP contribution in [-0.2, 0) is 11.2 Å². The average molecular weight is 334 g/mol. The Hall–Kier alpha value is -1.73. The van der Waals surface area contributed by atoms with E-state index in [1.54, 1.807) is 11.3 Å². The maximum Gasteiger partial charge on any atom is 0.227 e. The third-order valence-corrected chi connectivity index (χ3v) is 5.00. The van der Waals surface area contributed by atoms with Gasteiger partial charge in [0.05, 0.1) is 4.88 Å². The molecule has 0 unspecified atom stereocenters. The second kappa shape index (κ2) is 7.70. The van der Waals surface area contributed by atoms with Crippen molar-refractivity contribution >= 4 is 17.2 Å². The Labute approximate surface area is 139 Å². The summed E-state index contributed by atoms with van der Waals surface area (Å²) in [6.45, 7) is 5.15. The Morgan fingerprint density at radius 3 is 3.04 bits per heavy atom. The molecule has 0 radical (unpaired) electrons. The molecule has 0 spiro atoms. The highest BCUT2D eigenvalue weighted by Crippen LogP contribution is 2.21. The van der Waals surface area contributed by atoms with Crippen molar-refractivity contribution in [3.8, 4) is 10.7 Å². The zero-order chi connectivity index (χ0) is 16.1. The lowest BCUT2D eigenvalue weighted by Gasteiger charge is -2.23. The van der Waals surface area contributed by atoms with Crippen LogP contribution in [0.1, 0.15) is 32.1 Å². The zero-order valence-electron chi connectivity index (χ0n) is 13.3. The van der Waals surface area contributed by atoms with Gasteiger partial charge in [-0.1, -0.05) is 11.2 Å². The number of thiophene rings is 1. The number of hydrogen-bond donors (Lipinski definition) is 1. The Morgan fingerprint density at radius 1 is 1.48 bits per heavy atom. The number of nitrogens with zero attached hydrogens (tertiary/aromatic N) is 3. The van der Waals surface area contributed by atoms with E-state index in [9.17, 15) is 4.79 Å². The monoisotopic (exact) mass is 334 g/mol. The molecule has 1 amide bonds. The van der Waals surface area contributed by atoms with Crippen LogP contribution in [0.2, 0.25) is 0 Å². The molecule has 2 aromatic heterocycles. The molecule has 124 valence electrons. The predicted molar refractivity (Wildman–Crippen MR) is 89.2 cm³/mol. The van der Waals surface area contributed by atoms with Crippen LogP contribution in [0.5, 0.6) is 0 Å². The minimum atomic E-state index is 0.0342. The Bertz CT molecular complexity index is 620. The van der Waals surface area contributed by atoms with Crippen molar-refractivity contribution in [2.45, 2.75) is 38.6 Å². The second-order valence-corrected chi connectivity index (χ2v) is 6.83. The number of hydrogen-bond acceptors (Lipinski definition) is 6. The Morgan fingerprint density at radius 2 is 2.30 bits per heavy atom.